The molecule has 0 heterocycles. The molecular formula is C87H108O7. The fourth-order valence-electron chi connectivity index (χ4n) is 10.6. The summed E-state index contributed by atoms with van der Waals surface area (Å²) in [4.78, 5) is 0. The zero-order chi connectivity index (χ0) is 66.1. The SMILES string of the molecule is CCCCCCOc1ccc(C#Cc2c(C#Cc3ccc(OCCCCCC)cc3)c(C#Cc3ccc(OCCCCCC)cc3)c(OCCCCCCCCCCCO)c(C#Cc3ccc(OCCCCCC)cc3)c2C#Cc2ccc(OCCCCCC)cc2)cc1. The molecule has 0 amide bonds. The average Bonchev–Trinajstić information content (AvgIpc) is 0.767. The van der Waals surface area contributed by atoms with Crippen molar-refractivity contribution in [1.29, 1.82) is 0 Å². The van der Waals surface area contributed by atoms with Gasteiger partial charge in [-0.1, -0.05) is 235 Å². The van der Waals surface area contributed by atoms with Crippen LogP contribution < -0.4 is 28.4 Å². The van der Waals surface area contributed by atoms with Crippen LogP contribution in [0.4, 0.5) is 0 Å². The summed E-state index contributed by atoms with van der Waals surface area (Å²) < 4.78 is 38.2. The molecule has 0 aliphatic heterocycles. The summed E-state index contributed by atoms with van der Waals surface area (Å²) in [7, 11) is 0. The standard InChI is InChI=1S/C87H108O7/c1-6-11-16-29-66-89-77-50-35-72(36-51-77)45-60-82-83(61-46-73-37-52-78(53-38-73)90-67-30-17-12-7-2)85(63-48-75-41-56-80(57-42-75)92-69-32-19-14-9-4)87(94-71-34-27-25-23-21-22-24-26-28-65-88)86(64-49-76-43-58-81(59-44-76)93-70-33-20-15-10-5)84(82)62-47-74-39-54-79(55-40-74)91-68-31-18-13-8-3/h35-44,50-59,88H,6-34,65-71H2,1-5H3. The van der Waals surface area contributed by atoms with Gasteiger partial charge < -0.3 is 33.5 Å². The Hall–Kier alpha value is -8.12. The molecule has 7 nitrogen and oxygen atoms in total. The molecule has 498 valence electrons. The Morgan fingerprint density at radius 1 is 0.213 bits per heavy atom. The predicted octanol–water partition coefficient (Wildman–Crippen LogP) is 21.4. The van der Waals surface area contributed by atoms with Crippen LogP contribution in [0.15, 0.2) is 121 Å². The molecule has 0 atom stereocenters. The topological polar surface area (TPSA) is 75.6 Å². The summed E-state index contributed by atoms with van der Waals surface area (Å²) in [6.07, 6.45) is 32.2. The molecule has 0 fully saturated rings. The van der Waals surface area contributed by atoms with Crippen molar-refractivity contribution >= 4 is 0 Å². The van der Waals surface area contributed by atoms with E-state index in [0.29, 0.717) is 73.2 Å². The highest BCUT2D eigenvalue weighted by molar-refractivity contribution is 5.78. The number of aliphatic hydroxyl groups is 1. The van der Waals surface area contributed by atoms with E-state index in [0.717, 1.165) is 166 Å². The van der Waals surface area contributed by atoms with Gasteiger partial charge in [0, 0.05) is 34.4 Å². The highest BCUT2D eigenvalue weighted by Crippen LogP contribution is 2.35. The van der Waals surface area contributed by atoms with Crippen LogP contribution in [0.1, 0.15) is 276 Å². The molecule has 6 aromatic carbocycles. The maximum Gasteiger partial charge on any atom is 0.153 e. The third-order valence-corrected chi connectivity index (χ3v) is 16.3. The number of aliphatic hydroxyl groups excluding tert-OH is 1. The van der Waals surface area contributed by atoms with Crippen LogP contribution in [-0.4, -0.2) is 51.4 Å². The molecule has 0 aromatic heterocycles. The van der Waals surface area contributed by atoms with Gasteiger partial charge >= 0.3 is 0 Å². The third kappa shape index (κ3) is 29.9. The van der Waals surface area contributed by atoms with Crippen molar-refractivity contribution in [2.24, 2.45) is 0 Å². The largest absolute Gasteiger partial charge is 0.494 e. The predicted molar refractivity (Wildman–Crippen MR) is 391 cm³/mol. The van der Waals surface area contributed by atoms with Crippen molar-refractivity contribution in [2.75, 3.05) is 46.2 Å². The summed E-state index contributed by atoms with van der Waals surface area (Å²) in [6.45, 7) is 15.1. The van der Waals surface area contributed by atoms with Gasteiger partial charge in [0.15, 0.2) is 5.75 Å². The van der Waals surface area contributed by atoms with Crippen LogP contribution in [0, 0.1) is 59.2 Å². The summed E-state index contributed by atoms with van der Waals surface area (Å²) in [6, 6.07) is 40.1. The van der Waals surface area contributed by atoms with E-state index in [9.17, 15) is 5.11 Å². The van der Waals surface area contributed by atoms with Crippen molar-refractivity contribution < 1.29 is 33.5 Å². The highest BCUT2D eigenvalue weighted by atomic mass is 16.5. The van der Waals surface area contributed by atoms with E-state index in [-0.39, 0.29) is 6.61 Å². The van der Waals surface area contributed by atoms with Crippen LogP contribution in [0.3, 0.4) is 0 Å². The van der Waals surface area contributed by atoms with Gasteiger partial charge in [0.05, 0.1) is 67.5 Å². The normalized spacial score (nSPS) is 10.5. The quantitative estimate of drug-likeness (QED) is 0.0302. The first-order valence-electron chi connectivity index (χ1n) is 36.2. The Morgan fingerprint density at radius 2 is 0.404 bits per heavy atom. The van der Waals surface area contributed by atoms with Crippen LogP contribution in [0.5, 0.6) is 34.5 Å². The van der Waals surface area contributed by atoms with Crippen molar-refractivity contribution in [1.82, 2.24) is 0 Å². The smallest absolute Gasteiger partial charge is 0.153 e. The number of ether oxygens (including phenoxy) is 6. The second-order valence-electron chi connectivity index (χ2n) is 24.4. The highest BCUT2D eigenvalue weighted by Gasteiger charge is 2.23. The van der Waals surface area contributed by atoms with Gasteiger partial charge in [-0.2, -0.15) is 0 Å². The molecule has 0 saturated carbocycles. The second-order valence-corrected chi connectivity index (χ2v) is 24.4. The maximum atomic E-state index is 9.31. The number of hydrogen-bond acceptors (Lipinski definition) is 7. The minimum absolute atomic E-state index is 0.262. The van der Waals surface area contributed by atoms with Gasteiger partial charge in [-0.05, 0) is 166 Å². The van der Waals surface area contributed by atoms with E-state index in [1.54, 1.807) is 0 Å². The Kier molecular flexibility index (Phi) is 38.0. The molecule has 0 spiro atoms. The van der Waals surface area contributed by atoms with Crippen molar-refractivity contribution in [3.8, 4) is 93.7 Å². The van der Waals surface area contributed by atoms with Gasteiger partial charge in [0.1, 0.15) is 28.7 Å². The molecule has 1 N–H and O–H groups in total. The van der Waals surface area contributed by atoms with Gasteiger partial charge in [-0.25, -0.2) is 0 Å². The zero-order valence-corrected chi connectivity index (χ0v) is 57.9. The Balaban J connectivity index is 1.60. The van der Waals surface area contributed by atoms with Crippen molar-refractivity contribution in [3.05, 3.63) is 177 Å². The molecule has 7 heteroatoms. The fourth-order valence-corrected chi connectivity index (χ4v) is 10.6. The lowest BCUT2D eigenvalue weighted by atomic mass is 9.89. The molecule has 0 aliphatic carbocycles. The summed E-state index contributed by atoms with van der Waals surface area (Å²) >= 11 is 0. The zero-order valence-electron chi connectivity index (χ0n) is 57.9. The van der Waals surface area contributed by atoms with E-state index >= 15 is 0 Å². The van der Waals surface area contributed by atoms with Gasteiger partial charge in [0.2, 0.25) is 0 Å². The van der Waals surface area contributed by atoms with Crippen molar-refractivity contribution in [3.63, 3.8) is 0 Å². The summed E-state index contributed by atoms with van der Waals surface area (Å²) in [5, 5.41) is 9.31. The number of unbranched alkanes of at least 4 members (excludes halogenated alkanes) is 23. The average molecular weight is 1270 g/mol. The fraction of sp³-hybridized carbons (Fsp3) is 0.471. The Morgan fingerprint density at radius 3 is 0.638 bits per heavy atom. The van der Waals surface area contributed by atoms with E-state index in [4.69, 9.17) is 28.4 Å². The number of benzene rings is 6. The molecular weight excluding hydrogens is 1160 g/mol. The molecule has 6 rings (SSSR count). The molecule has 0 bridgehead atoms. The molecule has 0 radical (unpaired) electrons. The first kappa shape index (κ1) is 74.9. The van der Waals surface area contributed by atoms with Gasteiger partial charge in [0.25, 0.3) is 0 Å². The maximum absolute atomic E-state index is 9.31. The van der Waals surface area contributed by atoms with E-state index < -0.39 is 0 Å². The van der Waals surface area contributed by atoms with Gasteiger partial charge in [-0.3, -0.25) is 0 Å². The minimum atomic E-state index is 0.262. The second kappa shape index (κ2) is 47.7. The van der Waals surface area contributed by atoms with Gasteiger partial charge in [-0.15, -0.1) is 0 Å². The molecule has 6 aromatic rings. The minimum Gasteiger partial charge on any atom is -0.494 e. The van der Waals surface area contributed by atoms with Crippen LogP contribution >= 0.6 is 0 Å². The first-order chi connectivity index (χ1) is 46.4. The van der Waals surface area contributed by atoms with Crippen LogP contribution in [0.2, 0.25) is 0 Å². The summed E-state index contributed by atoms with van der Waals surface area (Å²) in [5.41, 5.74) is 6.97. The lowest BCUT2D eigenvalue weighted by Gasteiger charge is -2.17. The molecule has 94 heavy (non-hydrogen) atoms. The first-order valence-corrected chi connectivity index (χ1v) is 36.2. The number of hydrogen-bond donors (Lipinski definition) is 1. The summed E-state index contributed by atoms with van der Waals surface area (Å²) in [5.74, 6) is 40.7. The molecule has 0 aliphatic rings. The number of rotatable bonds is 42. The molecule has 0 saturated heterocycles. The van der Waals surface area contributed by atoms with E-state index in [1.807, 2.05) is 121 Å². The lowest BCUT2D eigenvalue weighted by Crippen LogP contribution is -2.08. The van der Waals surface area contributed by atoms with Crippen LogP contribution in [0.25, 0.3) is 0 Å². The Bertz CT molecular complexity index is 3200. The lowest BCUT2D eigenvalue weighted by molar-refractivity contribution is 0.282. The van der Waals surface area contributed by atoms with E-state index in [2.05, 4.69) is 93.8 Å². The molecule has 0 unspecified atom stereocenters. The van der Waals surface area contributed by atoms with Crippen LogP contribution in [-0.2, 0) is 0 Å². The van der Waals surface area contributed by atoms with Crippen molar-refractivity contribution in [2.45, 2.75) is 221 Å². The van der Waals surface area contributed by atoms with E-state index in [1.165, 1.54) is 77.0 Å². The Labute approximate surface area is 568 Å². The third-order valence-electron chi connectivity index (χ3n) is 16.3. The monoisotopic (exact) mass is 1260 g/mol.